The van der Waals surface area contributed by atoms with E-state index in [0.717, 1.165) is 19.4 Å². The Balaban J connectivity index is 2.08. The molecule has 0 bridgehead atoms. The predicted octanol–water partition coefficient (Wildman–Crippen LogP) is 0.929. The lowest BCUT2D eigenvalue weighted by atomic mass is 10.0. The van der Waals surface area contributed by atoms with Crippen molar-refractivity contribution >= 4 is 0 Å². The molecule has 0 aromatic carbocycles. The lowest BCUT2D eigenvalue weighted by molar-refractivity contribution is -0.00566. The van der Waals surface area contributed by atoms with Crippen LogP contribution in [0.5, 0.6) is 0 Å². The first kappa shape index (κ1) is 13.9. The molecule has 0 radical (unpaired) electrons. The van der Waals surface area contributed by atoms with Crippen molar-refractivity contribution in [3.8, 4) is 0 Å². The Morgan fingerprint density at radius 3 is 2.88 bits per heavy atom. The summed E-state index contributed by atoms with van der Waals surface area (Å²) in [5, 5.41) is 13.0. The van der Waals surface area contributed by atoms with Crippen molar-refractivity contribution in [1.82, 2.24) is 5.32 Å². The third-order valence-corrected chi connectivity index (χ3v) is 2.75. The molecule has 1 fully saturated rings. The summed E-state index contributed by atoms with van der Waals surface area (Å²) in [5.41, 5.74) is 0. The fourth-order valence-corrected chi connectivity index (χ4v) is 1.85. The molecule has 1 heterocycles. The Bertz CT molecular complexity index is 187. The monoisotopic (exact) mass is 231 g/mol. The summed E-state index contributed by atoms with van der Waals surface area (Å²) in [5.74, 6) is 0. The van der Waals surface area contributed by atoms with Crippen LogP contribution in [-0.2, 0) is 9.47 Å². The molecule has 1 aliphatic rings. The molecule has 0 aliphatic carbocycles. The second-order valence-corrected chi connectivity index (χ2v) is 4.85. The Morgan fingerprint density at radius 1 is 1.50 bits per heavy atom. The van der Waals surface area contributed by atoms with Gasteiger partial charge in [-0.25, -0.2) is 0 Å². The molecule has 2 N–H and O–H groups in total. The van der Waals surface area contributed by atoms with Crippen LogP contribution >= 0.6 is 0 Å². The Kier molecular flexibility index (Phi) is 6.28. The molecule has 1 aliphatic heterocycles. The molecule has 3 unspecified atom stereocenters. The molecule has 3 atom stereocenters. The second kappa shape index (κ2) is 7.22. The molecule has 0 aromatic heterocycles. The van der Waals surface area contributed by atoms with Crippen molar-refractivity contribution in [3.05, 3.63) is 0 Å². The first-order valence-corrected chi connectivity index (χ1v) is 6.22. The van der Waals surface area contributed by atoms with Gasteiger partial charge < -0.3 is 19.9 Å². The van der Waals surface area contributed by atoms with Crippen LogP contribution in [0, 0.1) is 0 Å². The third-order valence-electron chi connectivity index (χ3n) is 2.75. The van der Waals surface area contributed by atoms with Crippen molar-refractivity contribution in [2.45, 2.75) is 58.0 Å². The van der Waals surface area contributed by atoms with E-state index in [1.165, 1.54) is 0 Å². The van der Waals surface area contributed by atoms with E-state index < -0.39 is 6.10 Å². The average molecular weight is 231 g/mol. The summed E-state index contributed by atoms with van der Waals surface area (Å²) < 4.78 is 10.8. The van der Waals surface area contributed by atoms with Gasteiger partial charge in [-0.1, -0.05) is 0 Å². The minimum Gasteiger partial charge on any atom is -0.389 e. The zero-order valence-corrected chi connectivity index (χ0v) is 10.6. The maximum Gasteiger partial charge on any atom is 0.0897 e. The van der Waals surface area contributed by atoms with Crippen LogP contribution in [0.2, 0.25) is 0 Å². The number of aliphatic hydroxyl groups excluding tert-OH is 1. The molecule has 16 heavy (non-hydrogen) atoms. The first-order valence-electron chi connectivity index (χ1n) is 6.22. The van der Waals surface area contributed by atoms with Crippen molar-refractivity contribution in [2.24, 2.45) is 0 Å². The lowest BCUT2D eigenvalue weighted by Gasteiger charge is -2.28. The van der Waals surface area contributed by atoms with Crippen LogP contribution < -0.4 is 5.32 Å². The number of aliphatic hydroxyl groups is 1. The van der Waals surface area contributed by atoms with Gasteiger partial charge in [0.05, 0.1) is 24.9 Å². The summed E-state index contributed by atoms with van der Waals surface area (Å²) in [7, 11) is 0. The molecular weight excluding hydrogens is 206 g/mol. The van der Waals surface area contributed by atoms with Gasteiger partial charge >= 0.3 is 0 Å². The molecule has 4 heteroatoms. The summed E-state index contributed by atoms with van der Waals surface area (Å²) in [6, 6.07) is 0.470. The zero-order valence-electron chi connectivity index (χ0n) is 10.6. The van der Waals surface area contributed by atoms with Crippen molar-refractivity contribution < 1.29 is 14.6 Å². The molecule has 4 nitrogen and oxygen atoms in total. The van der Waals surface area contributed by atoms with Crippen LogP contribution in [-0.4, -0.2) is 49.2 Å². The summed E-state index contributed by atoms with van der Waals surface area (Å²) in [6.07, 6.45) is 2.15. The zero-order chi connectivity index (χ0) is 12.0. The molecular formula is C12H25NO3. The van der Waals surface area contributed by atoms with Crippen LogP contribution in [0.25, 0.3) is 0 Å². The van der Waals surface area contributed by atoms with Crippen LogP contribution in [0.3, 0.4) is 0 Å². The maximum absolute atomic E-state index is 9.68. The summed E-state index contributed by atoms with van der Waals surface area (Å²) in [4.78, 5) is 0. The predicted molar refractivity (Wildman–Crippen MR) is 63.5 cm³/mol. The Labute approximate surface area is 98.3 Å². The minimum absolute atomic E-state index is 0.178. The highest BCUT2D eigenvalue weighted by molar-refractivity contribution is 4.75. The largest absolute Gasteiger partial charge is 0.389 e. The van der Waals surface area contributed by atoms with Gasteiger partial charge in [0, 0.05) is 19.2 Å². The molecule has 96 valence electrons. The van der Waals surface area contributed by atoms with E-state index in [0.29, 0.717) is 25.3 Å². The van der Waals surface area contributed by atoms with E-state index in [1.807, 2.05) is 13.8 Å². The fourth-order valence-electron chi connectivity index (χ4n) is 1.85. The van der Waals surface area contributed by atoms with E-state index in [2.05, 4.69) is 12.2 Å². The van der Waals surface area contributed by atoms with Gasteiger partial charge in [-0.05, 0) is 33.6 Å². The van der Waals surface area contributed by atoms with E-state index in [-0.39, 0.29) is 6.10 Å². The summed E-state index contributed by atoms with van der Waals surface area (Å²) >= 11 is 0. The maximum atomic E-state index is 9.68. The normalized spacial score (nSPS) is 28.3. The van der Waals surface area contributed by atoms with E-state index in [4.69, 9.17) is 9.47 Å². The molecule has 1 saturated heterocycles. The number of hydrogen-bond acceptors (Lipinski definition) is 4. The van der Waals surface area contributed by atoms with Gasteiger partial charge in [0.15, 0.2) is 0 Å². The summed E-state index contributed by atoms with van der Waals surface area (Å²) in [6.45, 7) is 7.86. The third kappa shape index (κ3) is 5.80. The molecule has 0 aromatic rings. The fraction of sp³-hybridized carbons (Fsp3) is 1.00. The highest BCUT2D eigenvalue weighted by Crippen LogP contribution is 2.12. The van der Waals surface area contributed by atoms with Gasteiger partial charge in [-0.2, -0.15) is 0 Å². The number of rotatable bonds is 6. The molecule has 0 spiro atoms. The standard InChI is InChI=1S/C12H25NO3/c1-9(2)16-8-12(14)7-13-11-4-5-15-10(3)6-11/h9-14H,4-8H2,1-3H3. The van der Waals surface area contributed by atoms with Gasteiger partial charge in [-0.15, -0.1) is 0 Å². The first-order chi connectivity index (χ1) is 7.58. The van der Waals surface area contributed by atoms with Crippen molar-refractivity contribution in [2.75, 3.05) is 19.8 Å². The van der Waals surface area contributed by atoms with Gasteiger partial charge in [-0.3, -0.25) is 0 Å². The van der Waals surface area contributed by atoms with E-state index >= 15 is 0 Å². The average Bonchev–Trinajstić information content (AvgIpc) is 2.23. The molecule has 0 saturated carbocycles. The minimum atomic E-state index is -0.416. The molecule has 0 amide bonds. The second-order valence-electron chi connectivity index (χ2n) is 4.85. The SMILES string of the molecule is CC(C)OCC(O)CNC1CCOC(C)C1. The van der Waals surface area contributed by atoms with Crippen molar-refractivity contribution in [1.29, 1.82) is 0 Å². The van der Waals surface area contributed by atoms with Crippen molar-refractivity contribution in [3.63, 3.8) is 0 Å². The quantitative estimate of drug-likeness (QED) is 0.714. The van der Waals surface area contributed by atoms with E-state index in [9.17, 15) is 5.11 Å². The van der Waals surface area contributed by atoms with Crippen LogP contribution in [0.4, 0.5) is 0 Å². The molecule has 1 rings (SSSR count). The number of ether oxygens (including phenoxy) is 2. The van der Waals surface area contributed by atoms with Crippen LogP contribution in [0.1, 0.15) is 33.6 Å². The number of hydrogen-bond donors (Lipinski definition) is 2. The van der Waals surface area contributed by atoms with Gasteiger partial charge in [0.25, 0.3) is 0 Å². The van der Waals surface area contributed by atoms with Crippen LogP contribution in [0.15, 0.2) is 0 Å². The highest BCUT2D eigenvalue weighted by atomic mass is 16.5. The van der Waals surface area contributed by atoms with Gasteiger partial charge in [0.2, 0.25) is 0 Å². The van der Waals surface area contributed by atoms with E-state index in [1.54, 1.807) is 0 Å². The van der Waals surface area contributed by atoms with Gasteiger partial charge in [0.1, 0.15) is 0 Å². The smallest absolute Gasteiger partial charge is 0.0897 e. The number of nitrogens with one attached hydrogen (secondary N) is 1. The topological polar surface area (TPSA) is 50.7 Å². The highest BCUT2D eigenvalue weighted by Gasteiger charge is 2.19. The Morgan fingerprint density at radius 2 is 2.25 bits per heavy atom. The Hall–Kier alpha value is -0.160. The lowest BCUT2D eigenvalue weighted by Crippen LogP contribution is -2.42.